The molecule has 0 bridgehead atoms. The predicted molar refractivity (Wildman–Crippen MR) is 129 cm³/mol. The van der Waals surface area contributed by atoms with Crippen molar-refractivity contribution in [3.8, 4) is 5.75 Å². The van der Waals surface area contributed by atoms with Crippen LogP contribution in [0.15, 0.2) is 48.5 Å². The van der Waals surface area contributed by atoms with Crippen molar-refractivity contribution in [2.75, 3.05) is 41.7 Å². The molecular weight excluding hydrogens is 426 g/mol. The molecule has 0 saturated carbocycles. The number of piperidine rings is 1. The number of sulfonamides is 1. The van der Waals surface area contributed by atoms with Crippen LogP contribution < -0.4 is 19.3 Å². The Balaban J connectivity index is 1.66. The molecule has 0 spiro atoms. The second-order valence-corrected chi connectivity index (χ2v) is 10.0. The van der Waals surface area contributed by atoms with E-state index in [0.717, 1.165) is 29.2 Å². The summed E-state index contributed by atoms with van der Waals surface area (Å²) in [6, 6.07) is 14.7. The van der Waals surface area contributed by atoms with Crippen molar-refractivity contribution >= 4 is 27.3 Å². The minimum Gasteiger partial charge on any atom is -0.494 e. The predicted octanol–water partition coefficient (Wildman–Crippen LogP) is 3.72. The van der Waals surface area contributed by atoms with Gasteiger partial charge in [0.25, 0.3) is 0 Å². The molecule has 1 atom stereocenters. The number of amides is 1. The summed E-state index contributed by atoms with van der Waals surface area (Å²) in [5, 5.41) is 2.92. The third kappa shape index (κ3) is 6.38. The second kappa shape index (κ2) is 10.7. The molecule has 2 aromatic rings. The minimum absolute atomic E-state index is 0.242. The Labute approximate surface area is 191 Å². The van der Waals surface area contributed by atoms with Gasteiger partial charge in [0, 0.05) is 24.8 Å². The number of nitrogens with zero attached hydrogens (tertiary/aromatic N) is 2. The molecule has 1 aliphatic rings. The van der Waals surface area contributed by atoms with Gasteiger partial charge >= 0.3 is 0 Å². The normalized spacial score (nSPS) is 15.2. The standard InChI is InChI=1S/C24H33N3O4S/c1-4-31-23-10-8-9-22(17-23)27(32(3,29)30)18-24(28)25-19(2)20-11-13-21(14-12-20)26-15-6-5-7-16-26/h8-14,17,19H,4-7,15-16,18H2,1-3H3,(H,25,28). The molecule has 0 aromatic heterocycles. The van der Waals surface area contributed by atoms with Crippen LogP contribution >= 0.6 is 0 Å². The van der Waals surface area contributed by atoms with E-state index in [1.807, 2.05) is 26.0 Å². The SMILES string of the molecule is CCOc1cccc(N(CC(=O)NC(C)c2ccc(N3CCCCC3)cc2)S(C)(=O)=O)c1. The summed E-state index contributed by atoms with van der Waals surface area (Å²) in [6.45, 7) is 6.08. The number of hydrogen-bond donors (Lipinski definition) is 1. The monoisotopic (exact) mass is 459 g/mol. The van der Waals surface area contributed by atoms with Crippen molar-refractivity contribution in [1.29, 1.82) is 0 Å². The first-order valence-electron chi connectivity index (χ1n) is 11.1. The molecule has 2 aromatic carbocycles. The van der Waals surface area contributed by atoms with Gasteiger partial charge in [-0.3, -0.25) is 9.10 Å². The van der Waals surface area contributed by atoms with Crippen molar-refractivity contribution in [3.63, 3.8) is 0 Å². The van der Waals surface area contributed by atoms with Gasteiger partial charge in [-0.25, -0.2) is 8.42 Å². The lowest BCUT2D eigenvalue weighted by molar-refractivity contribution is -0.120. The summed E-state index contributed by atoms with van der Waals surface area (Å²) in [5.41, 5.74) is 2.57. The fourth-order valence-corrected chi connectivity index (χ4v) is 4.77. The zero-order chi connectivity index (χ0) is 23.1. The van der Waals surface area contributed by atoms with E-state index in [2.05, 4.69) is 22.3 Å². The molecule has 7 nitrogen and oxygen atoms in total. The lowest BCUT2D eigenvalue weighted by Crippen LogP contribution is -2.41. The fourth-order valence-electron chi connectivity index (χ4n) is 3.92. The molecule has 1 aliphatic heterocycles. The smallest absolute Gasteiger partial charge is 0.241 e. The summed E-state index contributed by atoms with van der Waals surface area (Å²) in [7, 11) is -3.65. The van der Waals surface area contributed by atoms with Gasteiger partial charge in [-0.05, 0) is 62.9 Å². The Morgan fingerprint density at radius 2 is 1.81 bits per heavy atom. The van der Waals surface area contributed by atoms with E-state index < -0.39 is 10.0 Å². The highest BCUT2D eigenvalue weighted by Gasteiger charge is 2.22. The molecule has 1 unspecified atom stereocenters. The zero-order valence-electron chi connectivity index (χ0n) is 19.1. The highest BCUT2D eigenvalue weighted by molar-refractivity contribution is 7.92. The molecular formula is C24H33N3O4S. The van der Waals surface area contributed by atoms with Crippen LogP contribution in [0.2, 0.25) is 0 Å². The number of nitrogens with one attached hydrogen (secondary N) is 1. The molecule has 1 fully saturated rings. The summed E-state index contributed by atoms with van der Waals surface area (Å²) < 4.78 is 31.3. The van der Waals surface area contributed by atoms with Crippen LogP contribution in [0.25, 0.3) is 0 Å². The van der Waals surface area contributed by atoms with E-state index >= 15 is 0 Å². The largest absolute Gasteiger partial charge is 0.494 e. The number of benzene rings is 2. The third-order valence-corrected chi connectivity index (χ3v) is 6.74. The number of rotatable bonds is 9. The molecule has 1 amide bonds. The van der Waals surface area contributed by atoms with Crippen molar-refractivity contribution in [2.45, 2.75) is 39.2 Å². The van der Waals surface area contributed by atoms with Crippen molar-refractivity contribution < 1.29 is 17.9 Å². The molecule has 174 valence electrons. The van der Waals surface area contributed by atoms with Crippen LogP contribution in [-0.2, 0) is 14.8 Å². The lowest BCUT2D eigenvalue weighted by Gasteiger charge is -2.29. The number of carbonyl (C=O) groups is 1. The maximum absolute atomic E-state index is 12.7. The highest BCUT2D eigenvalue weighted by Crippen LogP contribution is 2.24. The third-order valence-electron chi connectivity index (χ3n) is 5.60. The van der Waals surface area contributed by atoms with Gasteiger partial charge in [-0.2, -0.15) is 0 Å². The van der Waals surface area contributed by atoms with Crippen LogP contribution in [0.1, 0.15) is 44.7 Å². The van der Waals surface area contributed by atoms with Gasteiger partial charge in [-0.1, -0.05) is 18.2 Å². The van der Waals surface area contributed by atoms with Crippen molar-refractivity contribution in [3.05, 3.63) is 54.1 Å². The maximum atomic E-state index is 12.7. The topological polar surface area (TPSA) is 79.0 Å². The molecule has 0 radical (unpaired) electrons. The van der Waals surface area contributed by atoms with Crippen LogP contribution in [0.3, 0.4) is 0 Å². The van der Waals surface area contributed by atoms with Gasteiger partial charge in [0.05, 0.1) is 24.6 Å². The highest BCUT2D eigenvalue weighted by atomic mass is 32.2. The summed E-state index contributed by atoms with van der Waals surface area (Å²) in [5.74, 6) is 0.186. The Morgan fingerprint density at radius 1 is 1.12 bits per heavy atom. The number of carbonyl (C=O) groups excluding carboxylic acids is 1. The van der Waals surface area contributed by atoms with E-state index in [1.54, 1.807) is 24.3 Å². The van der Waals surface area contributed by atoms with E-state index in [4.69, 9.17) is 4.74 Å². The van der Waals surface area contributed by atoms with Crippen LogP contribution in [0.4, 0.5) is 11.4 Å². The maximum Gasteiger partial charge on any atom is 0.241 e. The van der Waals surface area contributed by atoms with Gasteiger partial charge in [-0.15, -0.1) is 0 Å². The molecule has 1 saturated heterocycles. The molecule has 8 heteroatoms. The summed E-state index contributed by atoms with van der Waals surface area (Å²) in [6.07, 6.45) is 4.82. The Kier molecular flexibility index (Phi) is 8.01. The van der Waals surface area contributed by atoms with Gasteiger partial charge in [0.1, 0.15) is 12.3 Å². The first-order valence-corrected chi connectivity index (χ1v) is 13.0. The van der Waals surface area contributed by atoms with Crippen LogP contribution in [0.5, 0.6) is 5.75 Å². The van der Waals surface area contributed by atoms with Crippen LogP contribution in [-0.4, -0.2) is 46.8 Å². The van der Waals surface area contributed by atoms with E-state index in [1.165, 1.54) is 24.9 Å². The average molecular weight is 460 g/mol. The number of anilines is 2. The first-order chi connectivity index (χ1) is 15.3. The number of hydrogen-bond acceptors (Lipinski definition) is 5. The molecule has 3 rings (SSSR count). The van der Waals surface area contributed by atoms with Gasteiger partial charge in [0.15, 0.2) is 0 Å². The molecule has 32 heavy (non-hydrogen) atoms. The first kappa shape index (κ1) is 23.9. The lowest BCUT2D eigenvalue weighted by atomic mass is 10.1. The van der Waals surface area contributed by atoms with E-state index in [9.17, 15) is 13.2 Å². The van der Waals surface area contributed by atoms with E-state index in [-0.39, 0.29) is 18.5 Å². The fraction of sp³-hybridized carbons (Fsp3) is 0.458. The van der Waals surface area contributed by atoms with Crippen molar-refractivity contribution in [1.82, 2.24) is 5.32 Å². The molecule has 1 heterocycles. The van der Waals surface area contributed by atoms with Gasteiger partial charge in [0.2, 0.25) is 15.9 Å². The molecule has 1 N–H and O–H groups in total. The quantitative estimate of drug-likeness (QED) is 0.618. The average Bonchev–Trinajstić information content (AvgIpc) is 2.78. The summed E-state index contributed by atoms with van der Waals surface area (Å²) in [4.78, 5) is 15.1. The zero-order valence-corrected chi connectivity index (χ0v) is 19.9. The van der Waals surface area contributed by atoms with E-state index in [0.29, 0.717) is 18.0 Å². The second-order valence-electron chi connectivity index (χ2n) is 8.13. The van der Waals surface area contributed by atoms with Gasteiger partial charge < -0.3 is 15.0 Å². The number of ether oxygens (including phenoxy) is 1. The molecule has 0 aliphatic carbocycles. The Hall–Kier alpha value is -2.74. The summed E-state index contributed by atoms with van der Waals surface area (Å²) >= 11 is 0. The Morgan fingerprint density at radius 3 is 2.44 bits per heavy atom. The van der Waals surface area contributed by atoms with Crippen molar-refractivity contribution in [2.24, 2.45) is 0 Å². The Bertz CT molecular complexity index is 1000. The van der Waals surface area contributed by atoms with Crippen LogP contribution in [0, 0.1) is 0 Å². The minimum atomic E-state index is -3.65.